The molecule has 0 unspecified atom stereocenters. The topological polar surface area (TPSA) is 73.4 Å². The minimum atomic E-state index is -1.50. The first kappa shape index (κ1) is 31.4. The molecular formula is C46H36N4OSi. The van der Waals surface area contributed by atoms with Gasteiger partial charge in [-0.3, -0.25) is 0 Å². The van der Waals surface area contributed by atoms with Gasteiger partial charge in [-0.2, -0.15) is 0 Å². The molecule has 5 aromatic heterocycles. The number of aromatic amines is 3. The van der Waals surface area contributed by atoms with Gasteiger partial charge in [0.05, 0.1) is 39.0 Å². The zero-order valence-corrected chi connectivity index (χ0v) is 30.2. The number of hydrogen-bond donors (Lipinski definition) is 3. The van der Waals surface area contributed by atoms with E-state index in [-0.39, 0.29) is 0 Å². The highest BCUT2D eigenvalue weighted by atomic mass is 28.3. The fourth-order valence-electron chi connectivity index (χ4n) is 6.84. The quantitative estimate of drug-likeness (QED) is 0.128. The molecule has 0 aliphatic carbocycles. The number of furan rings is 1. The standard InChI is InChI=1S/C46H36N4OSi/c1-52(2,3)29-28-30-14-16-33(17-15-30)44-38-22-18-34(47-38)36-20-24-40(49-36)45(31-10-6-4-7-11-31)42-26-27-43(51-42)46(32-12-8-5-9-13-32)41-25-21-37(50-41)35-19-23-39(44)48-35/h4-27,47,49-50H,1-3H3. The normalized spacial score (nSPS) is 11.9. The van der Waals surface area contributed by atoms with Crippen LogP contribution in [0.3, 0.4) is 0 Å². The van der Waals surface area contributed by atoms with Crippen LogP contribution in [-0.2, 0) is 0 Å². The number of H-pyrrole nitrogens is 3. The molecule has 250 valence electrons. The second-order valence-corrected chi connectivity index (χ2v) is 18.9. The maximum atomic E-state index is 6.81. The van der Waals surface area contributed by atoms with E-state index >= 15 is 0 Å². The minimum Gasteiger partial charge on any atom is -0.456 e. The SMILES string of the molecule is C[Si](C)(C)C#Cc1ccc(-c2c3nc(c4ccc([nH]4)c(-c4ccccc4)c4ccc(o4)c(-c4ccccc4)c4ccc([nH]4)c4ccc2[nH]4)C=C3)cc1. The average molecular weight is 689 g/mol. The Labute approximate surface area is 302 Å². The lowest BCUT2D eigenvalue weighted by Gasteiger charge is -2.05. The van der Waals surface area contributed by atoms with Gasteiger partial charge in [-0.1, -0.05) is 98.4 Å². The summed E-state index contributed by atoms with van der Waals surface area (Å²) in [5, 5.41) is 0. The zero-order chi connectivity index (χ0) is 35.2. The third-order valence-corrected chi connectivity index (χ3v) is 10.2. The van der Waals surface area contributed by atoms with Crippen LogP contribution in [0.1, 0.15) is 17.0 Å². The molecule has 0 atom stereocenters. The van der Waals surface area contributed by atoms with Crippen molar-refractivity contribution in [3.8, 4) is 44.8 Å². The van der Waals surface area contributed by atoms with Crippen molar-refractivity contribution in [2.75, 3.05) is 0 Å². The molecule has 0 saturated heterocycles. The van der Waals surface area contributed by atoms with Crippen molar-refractivity contribution in [1.82, 2.24) is 19.9 Å². The van der Waals surface area contributed by atoms with Gasteiger partial charge in [0.15, 0.2) is 0 Å². The molecule has 0 fully saturated rings. The number of benzene rings is 3. The molecule has 1 aliphatic rings. The fourth-order valence-corrected chi connectivity index (χ4v) is 7.36. The van der Waals surface area contributed by atoms with E-state index in [0.717, 1.165) is 94.6 Å². The van der Waals surface area contributed by atoms with Crippen LogP contribution < -0.4 is 0 Å². The summed E-state index contributed by atoms with van der Waals surface area (Å²) >= 11 is 0. The van der Waals surface area contributed by atoms with E-state index in [1.54, 1.807) is 0 Å². The van der Waals surface area contributed by atoms with Crippen molar-refractivity contribution < 1.29 is 4.42 Å². The molecule has 9 rings (SSSR count). The lowest BCUT2D eigenvalue weighted by atomic mass is 10.0. The van der Waals surface area contributed by atoms with E-state index in [4.69, 9.17) is 9.40 Å². The Morgan fingerprint density at radius 3 is 1.48 bits per heavy atom. The summed E-state index contributed by atoms with van der Waals surface area (Å²) in [6.07, 6.45) is 4.19. The molecule has 0 radical (unpaired) electrons. The van der Waals surface area contributed by atoms with Gasteiger partial charge in [0.25, 0.3) is 0 Å². The van der Waals surface area contributed by atoms with E-state index in [1.165, 1.54) is 0 Å². The Hall–Kier alpha value is -6.55. The predicted octanol–water partition coefficient (Wildman–Crippen LogP) is 12.2. The van der Waals surface area contributed by atoms with Gasteiger partial charge in [-0.05, 0) is 89.5 Å². The summed E-state index contributed by atoms with van der Waals surface area (Å²) in [5.41, 5.74) is 19.8. The monoisotopic (exact) mass is 688 g/mol. The molecule has 1 aliphatic heterocycles. The van der Waals surface area contributed by atoms with Crippen molar-refractivity contribution in [1.29, 1.82) is 0 Å². The third kappa shape index (κ3) is 5.98. The number of aromatic nitrogens is 4. The number of nitrogens with zero attached hydrogens (tertiary/aromatic N) is 1. The van der Waals surface area contributed by atoms with E-state index < -0.39 is 8.07 Å². The molecule has 6 heteroatoms. The number of nitrogens with one attached hydrogen (secondary N) is 3. The van der Waals surface area contributed by atoms with Gasteiger partial charge in [-0.25, -0.2) is 4.98 Å². The zero-order valence-electron chi connectivity index (χ0n) is 29.2. The van der Waals surface area contributed by atoms with Crippen LogP contribution in [0.5, 0.6) is 0 Å². The second-order valence-electron chi connectivity index (χ2n) is 14.2. The van der Waals surface area contributed by atoms with Gasteiger partial charge in [-0.15, -0.1) is 5.54 Å². The highest BCUT2D eigenvalue weighted by molar-refractivity contribution is 6.83. The number of fused-ring (bicyclic) bond motifs is 12. The maximum absolute atomic E-state index is 6.81. The molecule has 52 heavy (non-hydrogen) atoms. The molecule has 0 spiro atoms. The van der Waals surface area contributed by atoms with Crippen LogP contribution in [0.4, 0.5) is 0 Å². The summed E-state index contributed by atoms with van der Waals surface area (Å²) < 4.78 is 6.81. The van der Waals surface area contributed by atoms with Gasteiger partial charge in [0.1, 0.15) is 19.2 Å². The van der Waals surface area contributed by atoms with Crippen molar-refractivity contribution in [3.63, 3.8) is 0 Å². The summed E-state index contributed by atoms with van der Waals surface area (Å²) in [4.78, 5) is 16.3. The predicted molar refractivity (Wildman–Crippen MR) is 220 cm³/mol. The Balaban J connectivity index is 1.37. The Bertz CT molecular complexity index is 2870. The summed E-state index contributed by atoms with van der Waals surface area (Å²) in [7, 11) is -1.50. The average Bonchev–Trinajstić information content (AvgIpc) is 4.00. The molecule has 0 amide bonds. The molecular weight excluding hydrogens is 653 g/mol. The summed E-state index contributed by atoms with van der Waals surface area (Å²) in [6, 6.07) is 46.2. The fraction of sp³-hybridized carbons (Fsp3) is 0.0652. The second kappa shape index (κ2) is 12.6. The molecule has 3 aromatic carbocycles. The van der Waals surface area contributed by atoms with Crippen molar-refractivity contribution in [2.24, 2.45) is 0 Å². The highest BCUT2D eigenvalue weighted by Gasteiger charge is 2.15. The van der Waals surface area contributed by atoms with Crippen molar-refractivity contribution in [3.05, 3.63) is 150 Å². The Morgan fingerprint density at radius 2 is 0.923 bits per heavy atom. The molecule has 6 heterocycles. The molecule has 0 saturated carbocycles. The van der Waals surface area contributed by atoms with Crippen LogP contribution in [0.15, 0.2) is 138 Å². The minimum absolute atomic E-state index is 0.773. The summed E-state index contributed by atoms with van der Waals surface area (Å²) in [5.74, 6) is 3.40. The van der Waals surface area contributed by atoms with Crippen LogP contribution in [0.25, 0.3) is 89.8 Å². The largest absolute Gasteiger partial charge is 0.456 e. The lowest BCUT2D eigenvalue weighted by Crippen LogP contribution is -2.16. The van der Waals surface area contributed by atoms with Gasteiger partial charge in [0.2, 0.25) is 0 Å². The summed E-state index contributed by atoms with van der Waals surface area (Å²) in [6.45, 7) is 6.80. The molecule has 10 bridgehead atoms. The van der Waals surface area contributed by atoms with Gasteiger partial charge >= 0.3 is 0 Å². The van der Waals surface area contributed by atoms with Gasteiger partial charge in [0, 0.05) is 27.8 Å². The van der Waals surface area contributed by atoms with Crippen LogP contribution in [-0.4, -0.2) is 28.0 Å². The first-order valence-corrected chi connectivity index (χ1v) is 21.1. The van der Waals surface area contributed by atoms with E-state index in [1.807, 2.05) is 12.1 Å². The highest BCUT2D eigenvalue weighted by Crippen LogP contribution is 2.36. The maximum Gasteiger partial charge on any atom is 0.137 e. The first-order valence-electron chi connectivity index (χ1n) is 17.6. The van der Waals surface area contributed by atoms with Crippen LogP contribution in [0.2, 0.25) is 19.6 Å². The smallest absolute Gasteiger partial charge is 0.137 e. The van der Waals surface area contributed by atoms with Crippen LogP contribution in [0, 0.1) is 11.5 Å². The first-order chi connectivity index (χ1) is 25.4. The molecule has 5 nitrogen and oxygen atoms in total. The third-order valence-electron chi connectivity index (χ3n) is 9.31. The molecule has 8 aromatic rings. The Morgan fingerprint density at radius 1 is 0.462 bits per heavy atom. The van der Waals surface area contributed by atoms with E-state index in [2.05, 4.69) is 180 Å². The lowest BCUT2D eigenvalue weighted by molar-refractivity contribution is 0.668. The van der Waals surface area contributed by atoms with Crippen LogP contribution >= 0.6 is 0 Å². The number of hydrogen-bond acceptors (Lipinski definition) is 2. The van der Waals surface area contributed by atoms with Gasteiger partial charge < -0.3 is 19.4 Å². The van der Waals surface area contributed by atoms with Crippen molar-refractivity contribution >= 4 is 64.5 Å². The number of rotatable bonds is 3. The van der Waals surface area contributed by atoms with Crippen molar-refractivity contribution in [2.45, 2.75) is 19.6 Å². The van der Waals surface area contributed by atoms with E-state index in [0.29, 0.717) is 0 Å². The Kier molecular flexibility index (Phi) is 7.64. The molecule has 3 N–H and O–H groups in total. The van der Waals surface area contributed by atoms with E-state index in [9.17, 15) is 0 Å².